The molecule has 1 aliphatic heterocycles. The molecule has 17 heavy (non-hydrogen) atoms. The number of carbonyl (C=O) groups is 1. The number of nitrogens with one attached hydrogen (secondary N) is 1. The first-order valence-electron chi connectivity index (χ1n) is 5.93. The van der Waals surface area contributed by atoms with E-state index in [9.17, 15) is 0 Å². The van der Waals surface area contributed by atoms with Crippen molar-refractivity contribution in [2.75, 3.05) is 0 Å². The van der Waals surface area contributed by atoms with Gasteiger partial charge in [0.2, 0.25) is 0 Å². The van der Waals surface area contributed by atoms with Crippen LogP contribution in [0.4, 0.5) is 0 Å². The Bertz CT molecular complexity index is 281. The number of nitrogens with zero attached hydrogens (tertiary/aromatic N) is 1. The van der Waals surface area contributed by atoms with E-state index in [0.717, 1.165) is 6.92 Å². The van der Waals surface area contributed by atoms with Gasteiger partial charge in [-0.1, -0.05) is 41.5 Å². The highest BCUT2D eigenvalue weighted by molar-refractivity contribution is 5.63. The molecule has 100 valence electrons. The predicted molar refractivity (Wildman–Crippen MR) is 71.4 cm³/mol. The maximum atomic E-state index is 9.00. The number of aliphatic imine (C=N–C) groups is 1. The van der Waals surface area contributed by atoms with E-state index in [1.165, 1.54) is 0 Å². The maximum absolute atomic E-state index is 9.00. The Labute approximate surface area is 105 Å². The Morgan fingerprint density at radius 1 is 1.18 bits per heavy atom. The number of rotatable bonds is 0. The highest BCUT2D eigenvalue weighted by atomic mass is 16.4. The lowest BCUT2D eigenvalue weighted by Crippen LogP contribution is -2.48. The smallest absolute Gasteiger partial charge is 0.300 e. The summed E-state index contributed by atoms with van der Waals surface area (Å²) in [5, 5.41) is 10.8. The van der Waals surface area contributed by atoms with E-state index in [0.29, 0.717) is 12.1 Å². The molecule has 4 heteroatoms. The fourth-order valence-electron chi connectivity index (χ4n) is 1.83. The minimum atomic E-state index is -0.833. The molecule has 0 spiro atoms. The Kier molecular flexibility index (Phi) is 5.17. The van der Waals surface area contributed by atoms with Crippen molar-refractivity contribution in [3.8, 4) is 0 Å². The van der Waals surface area contributed by atoms with Gasteiger partial charge < -0.3 is 10.4 Å². The van der Waals surface area contributed by atoms with Crippen molar-refractivity contribution >= 4 is 12.3 Å². The van der Waals surface area contributed by atoms with Gasteiger partial charge in [-0.15, -0.1) is 0 Å². The molecule has 4 nitrogen and oxygen atoms in total. The second-order valence-electron chi connectivity index (χ2n) is 6.62. The molecule has 0 amide bonds. The highest BCUT2D eigenvalue weighted by Gasteiger charge is 2.40. The normalized spacial score (nSPS) is 23.7. The molecule has 0 bridgehead atoms. The third-order valence-corrected chi connectivity index (χ3v) is 2.63. The molecule has 1 rings (SSSR count). The molecule has 0 radical (unpaired) electrons. The van der Waals surface area contributed by atoms with Gasteiger partial charge in [0.25, 0.3) is 5.97 Å². The van der Waals surface area contributed by atoms with E-state index in [1.54, 1.807) is 0 Å². The van der Waals surface area contributed by atoms with Gasteiger partial charge in [-0.3, -0.25) is 9.79 Å². The molecule has 1 heterocycles. The van der Waals surface area contributed by atoms with E-state index >= 15 is 0 Å². The van der Waals surface area contributed by atoms with Crippen LogP contribution in [0.5, 0.6) is 0 Å². The minimum Gasteiger partial charge on any atom is -0.481 e. The van der Waals surface area contributed by atoms with Crippen LogP contribution in [0.2, 0.25) is 0 Å². The lowest BCUT2D eigenvalue weighted by molar-refractivity contribution is -0.134. The van der Waals surface area contributed by atoms with E-state index in [-0.39, 0.29) is 10.8 Å². The second-order valence-corrected chi connectivity index (χ2v) is 6.62. The second kappa shape index (κ2) is 5.52. The van der Waals surface area contributed by atoms with Crippen molar-refractivity contribution in [2.45, 2.75) is 60.5 Å². The number of carboxylic acids is 1. The lowest BCUT2D eigenvalue weighted by Gasteiger charge is -2.37. The molecule has 0 fully saturated rings. The molecule has 1 aliphatic rings. The van der Waals surface area contributed by atoms with Crippen molar-refractivity contribution in [1.82, 2.24) is 5.32 Å². The Morgan fingerprint density at radius 3 is 1.82 bits per heavy atom. The van der Waals surface area contributed by atoms with Crippen molar-refractivity contribution in [3.05, 3.63) is 0 Å². The van der Waals surface area contributed by atoms with Crippen LogP contribution in [0.1, 0.15) is 48.5 Å². The van der Waals surface area contributed by atoms with Gasteiger partial charge >= 0.3 is 0 Å². The van der Waals surface area contributed by atoms with Crippen LogP contribution in [-0.2, 0) is 4.79 Å². The van der Waals surface area contributed by atoms with Crippen LogP contribution < -0.4 is 5.32 Å². The summed E-state index contributed by atoms with van der Waals surface area (Å²) in [6, 6.07) is 0.861. The lowest BCUT2D eigenvalue weighted by atomic mass is 9.74. The molecule has 0 aromatic heterocycles. The molecular formula is C13H26N2O2. The van der Waals surface area contributed by atoms with Gasteiger partial charge in [-0.25, -0.2) is 0 Å². The molecule has 2 atom stereocenters. The van der Waals surface area contributed by atoms with Crippen molar-refractivity contribution in [1.29, 1.82) is 0 Å². The quantitative estimate of drug-likeness (QED) is 0.686. The number of hydrogen-bond donors (Lipinski definition) is 2. The van der Waals surface area contributed by atoms with Crippen LogP contribution >= 0.6 is 0 Å². The molecule has 2 unspecified atom stereocenters. The van der Waals surface area contributed by atoms with Gasteiger partial charge in [-0.2, -0.15) is 0 Å². The molecule has 0 aromatic carbocycles. The molecule has 0 saturated heterocycles. The number of carboxylic acid groups (broad SMARTS) is 1. The standard InChI is InChI=1S/C11H22N2.C2H4O2/c1-10(2,3)8-9(11(4,5)6)13-7-12-8;1-2(3)4/h7-9H,1-6H3,(H,12,13);1H3,(H,3,4). The first-order valence-corrected chi connectivity index (χ1v) is 5.93. The summed E-state index contributed by atoms with van der Waals surface area (Å²) >= 11 is 0. The van der Waals surface area contributed by atoms with Crippen LogP contribution in [0.3, 0.4) is 0 Å². The largest absolute Gasteiger partial charge is 0.481 e. The zero-order chi connectivity index (χ0) is 13.9. The van der Waals surface area contributed by atoms with E-state index < -0.39 is 5.97 Å². The minimum absolute atomic E-state index is 0.248. The monoisotopic (exact) mass is 242 g/mol. The SMILES string of the molecule is CC(=O)O.CC(C)(C)C1N=CNC1C(C)(C)C. The fraction of sp³-hybridized carbons (Fsp3) is 0.846. The summed E-state index contributed by atoms with van der Waals surface area (Å²) in [7, 11) is 0. The average Bonchev–Trinajstić information content (AvgIpc) is 2.46. The van der Waals surface area contributed by atoms with E-state index in [4.69, 9.17) is 9.90 Å². The maximum Gasteiger partial charge on any atom is 0.300 e. The van der Waals surface area contributed by atoms with Gasteiger partial charge in [-0.05, 0) is 10.8 Å². The van der Waals surface area contributed by atoms with Crippen LogP contribution in [0.25, 0.3) is 0 Å². The van der Waals surface area contributed by atoms with Gasteiger partial charge in [0.1, 0.15) is 0 Å². The third-order valence-electron chi connectivity index (χ3n) is 2.63. The highest BCUT2D eigenvalue weighted by Crippen LogP contribution is 2.34. The predicted octanol–water partition coefficient (Wildman–Crippen LogP) is 2.54. The zero-order valence-electron chi connectivity index (χ0n) is 12.0. The first kappa shape index (κ1) is 15.9. The van der Waals surface area contributed by atoms with Crippen molar-refractivity contribution in [2.24, 2.45) is 15.8 Å². The fourth-order valence-corrected chi connectivity index (χ4v) is 1.83. The van der Waals surface area contributed by atoms with E-state index in [2.05, 4.69) is 51.9 Å². The summed E-state index contributed by atoms with van der Waals surface area (Å²) in [4.78, 5) is 13.5. The topological polar surface area (TPSA) is 61.7 Å². The molecule has 0 aromatic rings. The summed E-state index contributed by atoms with van der Waals surface area (Å²) in [6.07, 6.45) is 1.87. The summed E-state index contributed by atoms with van der Waals surface area (Å²) in [5.41, 5.74) is 0.520. The van der Waals surface area contributed by atoms with Crippen molar-refractivity contribution in [3.63, 3.8) is 0 Å². The first-order chi connectivity index (χ1) is 7.46. The van der Waals surface area contributed by atoms with Crippen LogP contribution in [-0.4, -0.2) is 29.5 Å². The van der Waals surface area contributed by atoms with Crippen molar-refractivity contribution < 1.29 is 9.90 Å². The number of hydrogen-bond acceptors (Lipinski definition) is 3. The molecule has 2 N–H and O–H groups in total. The molecular weight excluding hydrogens is 216 g/mol. The number of aliphatic carboxylic acids is 1. The van der Waals surface area contributed by atoms with Gasteiger partial charge in [0.05, 0.1) is 18.4 Å². The summed E-state index contributed by atoms with van der Waals surface area (Å²) in [6.45, 7) is 14.6. The van der Waals surface area contributed by atoms with Crippen LogP contribution in [0, 0.1) is 10.8 Å². The van der Waals surface area contributed by atoms with Gasteiger partial charge in [0.15, 0.2) is 0 Å². The average molecular weight is 242 g/mol. The summed E-state index contributed by atoms with van der Waals surface area (Å²) < 4.78 is 0. The van der Waals surface area contributed by atoms with E-state index in [1.807, 2.05) is 6.34 Å². The summed E-state index contributed by atoms with van der Waals surface area (Å²) in [5.74, 6) is -0.833. The van der Waals surface area contributed by atoms with Gasteiger partial charge in [0, 0.05) is 6.92 Å². The Morgan fingerprint density at radius 2 is 1.59 bits per heavy atom. The molecule has 0 aliphatic carbocycles. The Balaban J connectivity index is 0.000000557. The molecule has 0 saturated carbocycles. The Hall–Kier alpha value is -1.06. The third kappa shape index (κ3) is 5.71. The van der Waals surface area contributed by atoms with Crippen LogP contribution in [0.15, 0.2) is 4.99 Å². The zero-order valence-corrected chi connectivity index (χ0v) is 12.0.